The van der Waals surface area contributed by atoms with Crippen molar-refractivity contribution in [3.63, 3.8) is 0 Å². The topological polar surface area (TPSA) is 84.0 Å². The van der Waals surface area contributed by atoms with Crippen molar-refractivity contribution in [2.24, 2.45) is 0 Å². The first-order valence-corrected chi connectivity index (χ1v) is 6.74. The van der Waals surface area contributed by atoms with E-state index in [1.807, 2.05) is 0 Å². The van der Waals surface area contributed by atoms with Crippen molar-refractivity contribution in [1.29, 1.82) is 5.26 Å². The number of nitriles is 1. The third kappa shape index (κ3) is 2.30. The summed E-state index contributed by atoms with van der Waals surface area (Å²) in [5.41, 5.74) is 0.217. The zero-order valence-electron chi connectivity index (χ0n) is 8.29. The smallest absolute Gasteiger partial charge is 0.297 e. The first kappa shape index (κ1) is 11.6. The van der Waals surface area contributed by atoms with E-state index in [0.717, 1.165) is 0 Å². The molecule has 0 saturated carbocycles. The summed E-state index contributed by atoms with van der Waals surface area (Å²) in [6.07, 6.45) is 0. The lowest BCUT2D eigenvalue weighted by molar-refractivity contribution is 0.462. The van der Waals surface area contributed by atoms with E-state index in [1.54, 1.807) is 36.4 Å². The number of hydrogen-bond acceptors (Lipinski definition) is 5. The number of oxazole rings is 1. The van der Waals surface area contributed by atoms with Crippen molar-refractivity contribution in [3.8, 4) is 17.5 Å². The van der Waals surface area contributed by atoms with Crippen LogP contribution in [0.25, 0.3) is 11.5 Å². The molecule has 7 heteroatoms. The van der Waals surface area contributed by atoms with E-state index in [0.29, 0.717) is 5.56 Å². The standard InChI is InChI=1S/C10H5ClN2O3S/c11-17(14,15)10-8(6-12)13-9(16-10)7-4-2-1-3-5-7/h1-5H. The molecule has 0 N–H and O–H groups in total. The van der Waals surface area contributed by atoms with Gasteiger partial charge in [-0.2, -0.15) is 10.2 Å². The number of benzene rings is 1. The Morgan fingerprint density at radius 3 is 2.41 bits per heavy atom. The summed E-state index contributed by atoms with van der Waals surface area (Å²) in [6, 6.07) is 10.2. The molecule has 1 aromatic carbocycles. The molecule has 0 atom stereocenters. The minimum Gasteiger partial charge on any atom is -0.422 e. The predicted molar refractivity (Wildman–Crippen MR) is 59.7 cm³/mol. The highest BCUT2D eigenvalue weighted by molar-refractivity contribution is 8.13. The maximum absolute atomic E-state index is 11.1. The van der Waals surface area contributed by atoms with Gasteiger partial charge in [-0.15, -0.1) is 0 Å². The summed E-state index contributed by atoms with van der Waals surface area (Å²) in [5, 5.41) is 8.12. The van der Waals surface area contributed by atoms with Crippen LogP contribution in [0.1, 0.15) is 5.69 Å². The lowest BCUT2D eigenvalue weighted by Gasteiger charge is -1.92. The van der Waals surface area contributed by atoms with Crippen LogP contribution in [0.2, 0.25) is 0 Å². The Hall–Kier alpha value is -1.84. The molecular weight excluding hydrogens is 264 g/mol. The van der Waals surface area contributed by atoms with Gasteiger partial charge < -0.3 is 4.42 Å². The molecule has 0 spiro atoms. The molecular formula is C10H5ClN2O3S. The molecule has 0 aliphatic carbocycles. The van der Waals surface area contributed by atoms with Crippen LogP contribution in [0.15, 0.2) is 39.8 Å². The van der Waals surface area contributed by atoms with Gasteiger partial charge >= 0.3 is 0 Å². The van der Waals surface area contributed by atoms with Crippen LogP contribution >= 0.6 is 10.7 Å². The number of hydrogen-bond donors (Lipinski definition) is 0. The van der Waals surface area contributed by atoms with E-state index in [2.05, 4.69) is 4.98 Å². The van der Waals surface area contributed by atoms with E-state index in [9.17, 15) is 8.42 Å². The van der Waals surface area contributed by atoms with Gasteiger partial charge in [-0.1, -0.05) is 18.2 Å². The third-order valence-electron chi connectivity index (χ3n) is 1.94. The minimum atomic E-state index is -4.11. The number of nitrogens with zero attached hydrogens (tertiary/aromatic N) is 2. The molecule has 0 bridgehead atoms. The average Bonchev–Trinajstić information content (AvgIpc) is 2.74. The molecule has 2 aromatic rings. The Balaban J connectivity index is 2.62. The molecule has 0 unspecified atom stereocenters. The molecule has 0 aliphatic rings. The van der Waals surface area contributed by atoms with Crippen molar-refractivity contribution < 1.29 is 12.8 Å². The van der Waals surface area contributed by atoms with Crippen LogP contribution in [-0.2, 0) is 9.05 Å². The Labute approximate surface area is 102 Å². The molecule has 0 saturated heterocycles. The van der Waals surface area contributed by atoms with Gasteiger partial charge in [0.25, 0.3) is 14.1 Å². The van der Waals surface area contributed by atoms with E-state index in [1.165, 1.54) is 0 Å². The molecule has 86 valence electrons. The second-order valence-corrected chi connectivity index (χ2v) is 5.54. The van der Waals surface area contributed by atoms with Gasteiger partial charge in [0.2, 0.25) is 5.89 Å². The van der Waals surface area contributed by atoms with Gasteiger partial charge in [0.15, 0.2) is 5.69 Å². The van der Waals surface area contributed by atoms with Crippen LogP contribution in [0.4, 0.5) is 0 Å². The SMILES string of the molecule is N#Cc1nc(-c2ccccc2)oc1S(=O)(=O)Cl. The fourth-order valence-corrected chi connectivity index (χ4v) is 2.06. The van der Waals surface area contributed by atoms with Crippen molar-refractivity contribution in [2.75, 3.05) is 0 Å². The van der Waals surface area contributed by atoms with E-state index in [4.69, 9.17) is 20.4 Å². The van der Waals surface area contributed by atoms with E-state index < -0.39 is 14.1 Å². The summed E-state index contributed by atoms with van der Waals surface area (Å²) in [7, 11) is 1.02. The lowest BCUT2D eigenvalue weighted by Crippen LogP contribution is -1.90. The van der Waals surface area contributed by atoms with Crippen LogP contribution in [-0.4, -0.2) is 13.4 Å². The van der Waals surface area contributed by atoms with Crippen LogP contribution in [0, 0.1) is 11.3 Å². The van der Waals surface area contributed by atoms with Gasteiger partial charge in [-0.3, -0.25) is 0 Å². The molecule has 1 heterocycles. The number of halogens is 1. The maximum Gasteiger partial charge on any atom is 0.297 e. The molecule has 5 nitrogen and oxygen atoms in total. The lowest BCUT2D eigenvalue weighted by atomic mass is 10.2. The Morgan fingerprint density at radius 2 is 1.94 bits per heavy atom. The zero-order chi connectivity index (χ0) is 12.5. The third-order valence-corrected chi connectivity index (χ3v) is 3.08. The zero-order valence-corrected chi connectivity index (χ0v) is 9.86. The predicted octanol–water partition coefficient (Wildman–Crippen LogP) is 2.14. The van der Waals surface area contributed by atoms with Crippen molar-refractivity contribution in [2.45, 2.75) is 5.09 Å². The molecule has 0 radical (unpaired) electrons. The summed E-state index contributed by atoms with van der Waals surface area (Å²) in [4.78, 5) is 3.77. The summed E-state index contributed by atoms with van der Waals surface area (Å²) < 4.78 is 27.3. The molecule has 0 aliphatic heterocycles. The van der Waals surface area contributed by atoms with Gasteiger partial charge in [0, 0.05) is 16.2 Å². The van der Waals surface area contributed by atoms with Crippen LogP contribution < -0.4 is 0 Å². The Kier molecular flexibility index (Phi) is 2.88. The second-order valence-electron chi connectivity index (χ2n) is 3.07. The first-order chi connectivity index (χ1) is 8.02. The van der Waals surface area contributed by atoms with Crippen molar-refractivity contribution in [1.82, 2.24) is 4.98 Å². The average molecular weight is 269 g/mol. The molecule has 1 aromatic heterocycles. The van der Waals surface area contributed by atoms with Gasteiger partial charge in [-0.05, 0) is 12.1 Å². The molecule has 0 fully saturated rings. The fraction of sp³-hybridized carbons (Fsp3) is 0. The quantitative estimate of drug-likeness (QED) is 0.779. The van der Waals surface area contributed by atoms with Gasteiger partial charge in [0.05, 0.1) is 0 Å². The number of aromatic nitrogens is 1. The fourth-order valence-electron chi connectivity index (χ4n) is 1.25. The van der Waals surface area contributed by atoms with Crippen molar-refractivity contribution >= 4 is 19.7 Å². The highest BCUT2D eigenvalue weighted by atomic mass is 35.7. The van der Waals surface area contributed by atoms with Gasteiger partial charge in [-0.25, -0.2) is 8.42 Å². The van der Waals surface area contributed by atoms with Crippen LogP contribution in [0.3, 0.4) is 0 Å². The Bertz CT molecular complexity index is 686. The maximum atomic E-state index is 11.1. The highest BCUT2D eigenvalue weighted by Gasteiger charge is 2.24. The van der Waals surface area contributed by atoms with Crippen molar-refractivity contribution in [3.05, 3.63) is 36.0 Å². The number of rotatable bonds is 2. The van der Waals surface area contributed by atoms with E-state index >= 15 is 0 Å². The molecule has 0 amide bonds. The summed E-state index contributed by atoms with van der Waals surface area (Å²) in [5.74, 6) is 0.0429. The summed E-state index contributed by atoms with van der Waals surface area (Å²) >= 11 is 0. The Morgan fingerprint density at radius 1 is 1.29 bits per heavy atom. The first-order valence-electron chi connectivity index (χ1n) is 4.43. The van der Waals surface area contributed by atoms with Gasteiger partial charge in [0.1, 0.15) is 6.07 Å². The minimum absolute atomic E-state index is 0.0429. The van der Waals surface area contributed by atoms with Crippen LogP contribution in [0.5, 0.6) is 0 Å². The second kappa shape index (κ2) is 4.20. The molecule has 17 heavy (non-hydrogen) atoms. The monoisotopic (exact) mass is 268 g/mol. The molecule has 2 rings (SSSR count). The summed E-state index contributed by atoms with van der Waals surface area (Å²) in [6.45, 7) is 0. The highest BCUT2D eigenvalue weighted by Crippen LogP contribution is 2.26. The normalized spacial score (nSPS) is 11.1. The van der Waals surface area contributed by atoms with E-state index in [-0.39, 0.29) is 11.6 Å². The largest absolute Gasteiger partial charge is 0.422 e.